The van der Waals surface area contributed by atoms with E-state index < -0.39 is 11.6 Å². The van der Waals surface area contributed by atoms with Gasteiger partial charge in [-0.1, -0.05) is 0 Å². The minimum atomic E-state index is -0.775. The molecule has 4 rings (SSSR count). The standard InChI is InChI=1S/C15H11BrF2N4O/c1-23-11-5-12-19-10(6-22(12)21-13(11)7-2-3-7)14-8(17)4-9(18)15(16)20-14/h4-7H,2-3H2,1H3. The predicted molar refractivity (Wildman–Crippen MR) is 82.4 cm³/mol. The van der Waals surface area contributed by atoms with Gasteiger partial charge in [0.2, 0.25) is 0 Å². The summed E-state index contributed by atoms with van der Waals surface area (Å²) in [6.07, 6.45) is 3.74. The molecule has 0 spiro atoms. The van der Waals surface area contributed by atoms with Gasteiger partial charge in [0.05, 0.1) is 13.3 Å². The summed E-state index contributed by atoms with van der Waals surface area (Å²) in [5, 5.41) is 4.52. The first-order chi connectivity index (χ1) is 11.1. The predicted octanol–water partition coefficient (Wildman–Crippen LogP) is 3.72. The molecular weight excluding hydrogens is 370 g/mol. The molecule has 5 nitrogen and oxygen atoms in total. The van der Waals surface area contributed by atoms with E-state index in [-0.39, 0.29) is 16.0 Å². The van der Waals surface area contributed by atoms with Crippen LogP contribution in [0.25, 0.3) is 17.0 Å². The van der Waals surface area contributed by atoms with E-state index in [1.54, 1.807) is 23.9 Å². The Morgan fingerprint density at radius 2 is 2.00 bits per heavy atom. The summed E-state index contributed by atoms with van der Waals surface area (Å²) in [5.74, 6) is -0.463. The molecule has 3 heterocycles. The minimum Gasteiger partial charge on any atom is -0.495 e. The number of ether oxygens (including phenoxy) is 1. The zero-order valence-electron chi connectivity index (χ0n) is 12.1. The Kier molecular flexibility index (Phi) is 3.29. The van der Waals surface area contributed by atoms with E-state index >= 15 is 0 Å². The molecule has 0 N–H and O–H groups in total. The van der Waals surface area contributed by atoms with Crippen molar-refractivity contribution in [2.24, 2.45) is 0 Å². The van der Waals surface area contributed by atoms with Gasteiger partial charge < -0.3 is 4.74 Å². The van der Waals surface area contributed by atoms with Crippen molar-refractivity contribution in [2.75, 3.05) is 7.11 Å². The number of hydrogen-bond donors (Lipinski definition) is 0. The molecule has 0 saturated heterocycles. The Labute approximate surface area is 138 Å². The smallest absolute Gasteiger partial charge is 0.158 e. The first kappa shape index (κ1) is 14.5. The van der Waals surface area contributed by atoms with E-state index in [4.69, 9.17) is 4.74 Å². The Hall–Kier alpha value is -2.09. The maximum absolute atomic E-state index is 14.0. The molecule has 1 aliphatic rings. The van der Waals surface area contributed by atoms with Gasteiger partial charge in [0.15, 0.2) is 17.3 Å². The molecule has 0 aliphatic heterocycles. The van der Waals surface area contributed by atoms with Crippen molar-refractivity contribution in [3.05, 3.63) is 40.3 Å². The van der Waals surface area contributed by atoms with E-state index in [0.29, 0.717) is 17.3 Å². The minimum absolute atomic E-state index is 0.0317. The SMILES string of the molecule is COc1cc2nc(-c3nc(Br)c(F)cc3F)cn2nc1C1CC1. The molecule has 0 radical (unpaired) electrons. The van der Waals surface area contributed by atoms with Gasteiger partial charge in [0.1, 0.15) is 27.4 Å². The molecular formula is C15H11BrF2N4O. The lowest BCUT2D eigenvalue weighted by molar-refractivity contribution is 0.405. The second-order valence-corrected chi connectivity index (χ2v) is 6.14. The Morgan fingerprint density at radius 1 is 1.22 bits per heavy atom. The largest absolute Gasteiger partial charge is 0.495 e. The molecule has 0 unspecified atom stereocenters. The van der Waals surface area contributed by atoms with Crippen LogP contribution in [0.1, 0.15) is 24.5 Å². The topological polar surface area (TPSA) is 52.3 Å². The summed E-state index contributed by atoms with van der Waals surface area (Å²) in [6, 6.07) is 2.54. The molecule has 0 bridgehead atoms. The van der Waals surface area contributed by atoms with Crippen molar-refractivity contribution < 1.29 is 13.5 Å². The number of aromatic nitrogens is 4. The molecule has 8 heteroatoms. The molecule has 3 aromatic rings. The van der Waals surface area contributed by atoms with Crippen LogP contribution in [-0.2, 0) is 0 Å². The highest BCUT2D eigenvalue weighted by molar-refractivity contribution is 9.10. The number of nitrogens with zero attached hydrogens (tertiary/aromatic N) is 4. The molecule has 1 aliphatic carbocycles. The van der Waals surface area contributed by atoms with Crippen LogP contribution < -0.4 is 4.74 Å². The summed E-state index contributed by atoms with van der Waals surface area (Å²) in [7, 11) is 1.58. The van der Waals surface area contributed by atoms with Crippen molar-refractivity contribution in [1.82, 2.24) is 19.6 Å². The van der Waals surface area contributed by atoms with Crippen molar-refractivity contribution in [1.29, 1.82) is 0 Å². The normalized spacial score (nSPS) is 14.4. The van der Waals surface area contributed by atoms with Crippen LogP contribution in [0.5, 0.6) is 5.75 Å². The maximum Gasteiger partial charge on any atom is 0.158 e. The molecule has 0 atom stereocenters. The Morgan fingerprint density at radius 3 is 2.70 bits per heavy atom. The first-order valence-electron chi connectivity index (χ1n) is 7.03. The van der Waals surface area contributed by atoms with Crippen molar-refractivity contribution in [3.63, 3.8) is 0 Å². The summed E-state index contributed by atoms with van der Waals surface area (Å²) < 4.78 is 34.2. The van der Waals surface area contributed by atoms with E-state index in [1.807, 2.05) is 0 Å². The number of halogens is 3. The molecule has 1 saturated carbocycles. The molecule has 0 amide bonds. The van der Waals surface area contributed by atoms with Crippen molar-refractivity contribution in [3.8, 4) is 17.1 Å². The lowest BCUT2D eigenvalue weighted by atomic mass is 10.2. The van der Waals surface area contributed by atoms with Crippen LogP contribution in [0.4, 0.5) is 8.78 Å². The fourth-order valence-electron chi connectivity index (χ4n) is 2.46. The van der Waals surface area contributed by atoms with Gasteiger partial charge in [-0.2, -0.15) is 5.10 Å². The summed E-state index contributed by atoms with van der Waals surface area (Å²) in [6.45, 7) is 0. The number of imidazole rings is 1. The van der Waals surface area contributed by atoms with Crippen LogP contribution in [0.15, 0.2) is 22.9 Å². The van der Waals surface area contributed by atoms with Gasteiger partial charge >= 0.3 is 0 Å². The lowest BCUT2D eigenvalue weighted by Gasteiger charge is -2.06. The van der Waals surface area contributed by atoms with Gasteiger partial charge in [0, 0.05) is 18.1 Å². The van der Waals surface area contributed by atoms with E-state index in [0.717, 1.165) is 24.6 Å². The van der Waals surface area contributed by atoms with E-state index in [2.05, 4.69) is 31.0 Å². The molecule has 23 heavy (non-hydrogen) atoms. The monoisotopic (exact) mass is 380 g/mol. The molecule has 0 aromatic carbocycles. The third-order valence-electron chi connectivity index (χ3n) is 3.76. The van der Waals surface area contributed by atoms with Gasteiger partial charge in [-0.25, -0.2) is 23.3 Å². The zero-order chi connectivity index (χ0) is 16.1. The van der Waals surface area contributed by atoms with Crippen LogP contribution in [0, 0.1) is 11.6 Å². The fourth-order valence-corrected chi connectivity index (χ4v) is 2.75. The van der Waals surface area contributed by atoms with Gasteiger partial charge in [-0.05, 0) is 28.8 Å². The second-order valence-electron chi connectivity index (χ2n) is 5.39. The lowest BCUT2D eigenvalue weighted by Crippen LogP contribution is -2.00. The molecule has 118 valence electrons. The second kappa shape index (κ2) is 5.23. The van der Waals surface area contributed by atoms with E-state index in [9.17, 15) is 8.78 Å². The summed E-state index contributed by atoms with van der Waals surface area (Å²) >= 11 is 2.96. The first-order valence-corrected chi connectivity index (χ1v) is 7.82. The number of hydrogen-bond acceptors (Lipinski definition) is 4. The third kappa shape index (κ3) is 2.46. The Bertz CT molecular complexity index is 923. The average Bonchev–Trinajstić information content (AvgIpc) is 3.29. The Balaban J connectivity index is 1.87. The maximum atomic E-state index is 14.0. The summed E-state index contributed by atoms with van der Waals surface area (Å²) in [5.41, 5.74) is 1.64. The van der Waals surface area contributed by atoms with Gasteiger partial charge in [-0.3, -0.25) is 0 Å². The molecule has 3 aromatic heterocycles. The van der Waals surface area contributed by atoms with Crippen molar-refractivity contribution >= 4 is 21.6 Å². The van der Waals surface area contributed by atoms with Gasteiger partial charge in [0.25, 0.3) is 0 Å². The van der Waals surface area contributed by atoms with Gasteiger partial charge in [-0.15, -0.1) is 0 Å². The van der Waals surface area contributed by atoms with Crippen LogP contribution >= 0.6 is 15.9 Å². The number of pyridine rings is 1. The van der Waals surface area contributed by atoms with Crippen molar-refractivity contribution in [2.45, 2.75) is 18.8 Å². The zero-order valence-corrected chi connectivity index (χ0v) is 13.6. The van der Waals surface area contributed by atoms with Crippen LogP contribution in [0.3, 0.4) is 0 Å². The fraction of sp³-hybridized carbons (Fsp3) is 0.267. The number of rotatable bonds is 3. The molecule has 1 fully saturated rings. The average molecular weight is 381 g/mol. The van der Waals surface area contributed by atoms with Crippen LogP contribution in [-0.4, -0.2) is 26.7 Å². The van der Waals surface area contributed by atoms with E-state index in [1.165, 1.54) is 0 Å². The highest BCUT2D eigenvalue weighted by Gasteiger charge is 2.29. The highest BCUT2D eigenvalue weighted by Crippen LogP contribution is 2.43. The number of fused-ring (bicyclic) bond motifs is 1. The highest BCUT2D eigenvalue weighted by atomic mass is 79.9. The number of methoxy groups -OCH3 is 1. The third-order valence-corrected chi connectivity index (χ3v) is 4.31. The quantitative estimate of drug-likeness (QED) is 0.649. The van der Waals surface area contributed by atoms with Crippen LogP contribution in [0.2, 0.25) is 0 Å². The summed E-state index contributed by atoms with van der Waals surface area (Å²) in [4.78, 5) is 8.20.